The van der Waals surface area contributed by atoms with E-state index < -0.39 is 0 Å². The van der Waals surface area contributed by atoms with Crippen LogP contribution in [0.15, 0.2) is 37.5 Å². The van der Waals surface area contributed by atoms with E-state index in [9.17, 15) is 0 Å². The van der Waals surface area contributed by atoms with E-state index in [1.165, 1.54) is 0 Å². The lowest BCUT2D eigenvalue weighted by Crippen LogP contribution is -1.36. The summed E-state index contributed by atoms with van der Waals surface area (Å²) >= 11 is 0. The van der Waals surface area contributed by atoms with Crippen molar-refractivity contribution in [3.63, 3.8) is 0 Å². The van der Waals surface area contributed by atoms with E-state index in [-0.39, 0.29) is 0 Å². The molecular weight excluding hydrogens is 156 g/mol. The lowest BCUT2D eigenvalue weighted by Gasteiger charge is -1.57. The summed E-state index contributed by atoms with van der Waals surface area (Å²) in [6.45, 7) is 19.0. The van der Waals surface area contributed by atoms with Crippen LogP contribution in [0, 0.1) is 0 Å². The van der Waals surface area contributed by atoms with Gasteiger partial charge in [0.05, 0.1) is 0 Å². The minimum Gasteiger partial charge on any atom is -0.103 e. The molecule has 0 fully saturated rings. The summed E-state index contributed by atoms with van der Waals surface area (Å²) in [4.78, 5) is 0. The minimum atomic E-state index is 1.08. The maximum atomic E-state index is 3.48. The molecule has 0 bridgehead atoms. The highest BCUT2D eigenvalue weighted by Gasteiger charge is 1.45. The Hall–Kier alpha value is -0.780. The Kier molecular flexibility index (Phi) is 115. The molecule has 0 unspecified atom stereocenters. The zero-order valence-corrected chi connectivity index (χ0v) is 10.4. The van der Waals surface area contributed by atoms with E-state index in [4.69, 9.17) is 0 Å². The molecule has 0 radical (unpaired) electrons. The molecule has 0 nitrogen and oxygen atoms in total. The first-order chi connectivity index (χ1) is 6.33. The van der Waals surface area contributed by atoms with Gasteiger partial charge in [-0.25, -0.2) is 0 Å². The molecule has 0 saturated heterocycles. The molecular formula is C13H28. The Morgan fingerprint density at radius 2 is 1.31 bits per heavy atom. The predicted octanol–water partition coefficient (Wildman–Crippen LogP) is 5.38. The van der Waals surface area contributed by atoms with Crippen LogP contribution in [-0.4, -0.2) is 0 Å². The van der Waals surface area contributed by atoms with Crippen molar-refractivity contribution in [2.24, 2.45) is 0 Å². The largest absolute Gasteiger partial charge is 0.103 e. The van der Waals surface area contributed by atoms with Gasteiger partial charge in [0.2, 0.25) is 0 Å². The topological polar surface area (TPSA) is 0 Å². The maximum Gasteiger partial charge on any atom is -0.0382 e. The highest BCUT2D eigenvalue weighted by atomic mass is 13.5. The molecule has 0 heterocycles. The molecule has 0 saturated carbocycles. The molecule has 0 aromatic rings. The van der Waals surface area contributed by atoms with Gasteiger partial charge in [-0.05, 0) is 13.3 Å². The lowest BCUT2D eigenvalue weighted by atomic mass is 10.5. The van der Waals surface area contributed by atoms with Crippen molar-refractivity contribution < 1.29 is 0 Å². The Balaban J connectivity index is -0.0000000457. The van der Waals surface area contributed by atoms with E-state index in [1.807, 2.05) is 52.8 Å². The second-order valence-corrected chi connectivity index (χ2v) is 1.46. The van der Waals surface area contributed by atoms with Crippen LogP contribution >= 0.6 is 0 Å². The number of rotatable bonds is 2. The molecule has 0 aliphatic rings. The normalized spacial score (nSPS) is 6.31. The third kappa shape index (κ3) is 194. The van der Waals surface area contributed by atoms with Gasteiger partial charge in [0.25, 0.3) is 0 Å². The van der Waals surface area contributed by atoms with Crippen molar-refractivity contribution >= 4 is 0 Å². The van der Waals surface area contributed by atoms with Gasteiger partial charge in [0.1, 0.15) is 0 Å². The van der Waals surface area contributed by atoms with E-state index in [1.54, 1.807) is 6.08 Å². The summed E-state index contributed by atoms with van der Waals surface area (Å²) in [6.07, 6.45) is 8.53. The van der Waals surface area contributed by atoms with Gasteiger partial charge in [0, 0.05) is 0 Å². The second kappa shape index (κ2) is 65.8. The minimum absolute atomic E-state index is 1.08. The smallest absolute Gasteiger partial charge is 0.0382 e. The zero-order chi connectivity index (χ0) is 11.5. The van der Waals surface area contributed by atoms with E-state index >= 15 is 0 Å². The predicted molar refractivity (Wildman–Crippen MR) is 68.2 cm³/mol. The Morgan fingerprint density at radius 1 is 1.00 bits per heavy atom. The standard InChI is InChI=1S/C5H8.C4H8.2C2H6/c1-3-5-4-2;1-3-4-2;2*1-2/h3-5H,1H2,2H3;3H,1,4H2,2H3;2*1-2H3/b5-4-;;;. The molecule has 0 amide bonds. The average Bonchev–Trinajstić information content (AvgIpc) is 2.25. The molecule has 80 valence electrons. The van der Waals surface area contributed by atoms with Crippen LogP contribution in [0.3, 0.4) is 0 Å². The second-order valence-electron chi connectivity index (χ2n) is 1.46. The van der Waals surface area contributed by atoms with Crippen molar-refractivity contribution in [1.82, 2.24) is 0 Å². The van der Waals surface area contributed by atoms with Crippen molar-refractivity contribution in [3.05, 3.63) is 37.5 Å². The fraction of sp³-hybridized carbons (Fsp3) is 0.538. The van der Waals surface area contributed by atoms with E-state index in [2.05, 4.69) is 20.1 Å². The van der Waals surface area contributed by atoms with Gasteiger partial charge < -0.3 is 0 Å². The molecule has 0 spiro atoms. The van der Waals surface area contributed by atoms with Gasteiger partial charge in [-0.1, -0.05) is 65.5 Å². The van der Waals surface area contributed by atoms with Gasteiger partial charge >= 0.3 is 0 Å². The average molecular weight is 184 g/mol. The third-order valence-corrected chi connectivity index (χ3v) is 0.617. The highest BCUT2D eigenvalue weighted by molar-refractivity contribution is 4.94. The molecule has 0 aromatic heterocycles. The van der Waals surface area contributed by atoms with Crippen LogP contribution < -0.4 is 0 Å². The molecule has 0 rings (SSSR count). The highest BCUT2D eigenvalue weighted by Crippen LogP contribution is 1.66. The molecule has 13 heavy (non-hydrogen) atoms. The van der Waals surface area contributed by atoms with E-state index in [0.29, 0.717) is 0 Å². The van der Waals surface area contributed by atoms with Crippen molar-refractivity contribution in [1.29, 1.82) is 0 Å². The van der Waals surface area contributed by atoms with Gasteiger partial charge in [-0.2, -0.15) is 0 Å². The number of allylic oxidation sites excluding steroid dienone is 4. The lowest BCUT2D eigenvalue weighted by molar-refractivity contribution is 1.23. The summed E-state index contributed by atoms with van der Waals surface area (Å²) in [7, 11) is 0. The first kappa shape index (κ1) is 22.8. The van der Waals surface area contributed by atoms with Crippen molar-refractivity contribution in [3.8, 4) is 0 Å². The first-order valence-corrected chi connectivity index (χ1v) is 5.18. The van der Waals surface area contributed by atoms with Crippen LogP contribution in [0.1, 0.15) is 48.0 Å². The Bertz CT molecular complexity index is 78.0. The van der Waals surface area contributed by atoms with Crippen LogP contribution in [0.4, 0.5) is 0 Å². The third-order valence-electron chi connectivity index (χ3n) is 0.617. The molecule has 0 heteroatoms. The first-order valence-electron chi connectivity index (χ1n) is 5.18. The molecule has 0 aromatic carbocycles. The molecule has 0 N–H and O–H groups in total. The summed E-state index contributed by atoms with van der Waals surface area (Å²) in [5.41, 5.74) is 0. The van der Waals surface area contributed by atoms with Gasteiger partial charge in [0.15, 0.2) is 0 Å². The van der Waals surface area contributed by atoms with Gasteiger partial charge in [-0.15, -0.1) is 6.58 Å². The molecule has 0 atom stereocenters. The van der Waals surface area contributed by atoms with Crippen LogP contribution in [0.2, 0.25) is 0 Å². The maximum absolute atomic E-state index is 3.48. The van der Waals surface area contributed by atoms with Crippen molar-refractivity contribution in [2.45, 2.75) is 48.0 Å². The Labute approximate surface area is 86.1 Å². The van der Waals surface area contributed by atoms with Gasteiger partial charge in [-0.3, -0.25) is 0 Å². The molecule has 0 aliphatic carbocycles. The van der Waals surface area contributed by atoms with Crippen molar-refractivity contribution in [2.75, 3.05) is 0 Å². The van der Waals surface area contributed by atoms with Crippen LogP contribution in [-0.2, 0) is 0 Å². The fourth-order valence-corrected chi connectivity index (χ4v) is 0.136. The summed E-state index contributed by atoms with van der Waals surface area (Å²) < 4.78 is 0. The monoisotopic (exact) mass is 184 g/mol. The van der Waals surface area contributed by atoms with E-state index in [0.717, 1.165) is 6.42 Å². The quantitative estimate of drug-likeness (QED) is 0.399. The summed E-state index contributed by atoms with van der Waals surface area (Å²) in [5, 5.41) is 0. The summed E-state index contributed by atoms with van der Waals surface area (Å²) in [5.74, 6) is 0. The van der Waals surface area contributed by atoms with Crippen LogP contribution in [0.5, 0.6) is 0 Å². The SMILES string of the molecule is C=C/C=C\C.C=CCC.CC.CC. The molecule has 0 aliphatic heterocycles. The Morgan fingerprint density at radius 3 is 1.31 bits per heavy atom. The number of hydrogen-bond donors (Lipinski definition) is 0. The number of hydrogen-bond acceptors (Lipinski definition) is 0. The fourth-order valence-electron chi connectivity index (χ4n) is 0.136. The van der Waals surface area contributed by atoms with Crippen LogP contribution in [0.25, 0.3) is 0 Å². The summed E-state index contributed by atoms with van der Waals surface area (Å²) in [6, 6.07) is 0. The zero-order valence-electron chi connectivity index (χ0n) is 10.4.